The van der Waals surface area contributed by atoms with Crippen LogP contribution in [0.25, 0.3) is 6.08 Å². The third kappa shape index (κ3) is 7.72. The number of hydrogen-bond donors (Lipinski definition) is 2. The Morgan fingerprint density at radius 3 is 2.05 bits per heavy atom. The molecular weight excluding hydrogens is 559 g/mol. The predicted molar refractivity (Wildman–Crippen MR) is 175 cm³/mol. The molecule has 1 heterocycles. The van der Waals surface area contributed by atoms with Crippen LogP contribution in [0.15, 0.2) is 42.5 Å². The molecule has 44 heavy (non-hydrogen) atoms. The van der Waals surface area contributed by atoms with Crippen LogP contribution in [0.2, 0.25) is 0 Å². The number of amides is 1. The van der Waals surface area contributed by atoms with Crippen molar-refractivity contribution in [2.45, 2.75) is 79.1 Å². The summed E-state index contributed by atoms with van der Waals surface area (Å²) < 4.78 is 20.1. The van der Waals surface area contributed by atoms with E-state index in [1.54, 1.807) is 18.2 Å². The van der Waals surface area contributed by atoms with E-state index in [0.29, 0.717) is 60.0 Å². The minimum atomic E-state index is -1.65. The number of carbonyl (C=O) groups excluding carboxylic acids is 3. The highest BCUT2D eigenvalue weighted by molar-refractivity contribution is 5.85. The summed E-state index contributed by atoms with van der Waals surface area (Å²) >= 11 is 0. The average molecular weight is 607 g/mol. The molecule has 0 spiro atoms. The number of allylic oxidation sites excluding steroid dienone is 1. The lowest BCUT2D eigenvalue weighted by molar-refractivity contribution is -0.166. The first-order valence-electron chi connectivity index (χ1n) is 15.1. The smallest absolute Gasteiger partial charge is 0.211 e. The van der Waals surface area contributed by atoms with E-state index in [1.165, 1.54) is 0 Å². The molecule has 0 atom stereocenters. The lowest BCUT2D eigenvalue weighted by Gasteiger charge is -2.63. The highest BCUT2D eigenvalue weighted by atomic mass is 19.1. The number of benzene rings is 2. The van der Waals surface area contributed by atoms with Gasteiger partial charge in [-0.2, -0.15) is 5.26 Å². The number of rotatable bonds is 9. The fourth-order valence-electron chi connectivity index (χ4n) is 6.66. The van der Waals surface area contributed by atoms with Gasteiger partial charge in [0.25, 0.3) is 0 Å². The second-order valence-electron chi connectivity index (χ2n) is 12.0. The number of nitrogens with one attached hydrogen (secondary N) is 2. The van der Waals surface area contributed by atoms with Crippen LogP contribution in [0.5, 0.6) is 5.75 Å². The molecule has 2 fully saturated rings. The molecule has 0 bridgehead atoms. The number of nitriles is 1. The van der Waals surface area contributed by atoms with Crippen LogP contribution in [0, 0.1) is 22.2 Å². The van der Waals surface area contributed by atoms with Crippen molar-refractivity contribution in [3.63, 3.8) is 0 Å². The van der Waals surface area contributed by atoms with Gasteiger partial charge in [-0.05, 0) is 50.4 Å². The molecule has 4 rings (SSSR count). The van der Waals surface area contributed by atoms with Crippen molar-refractivity contribution in [3.8, 4) is 11.8 Å². The van der Waals surface area contributed by atoms with E-state index in [1.807, 2.05) is 63.1 Å². The number of carbonyl (C=O) groups is 3. The molecule has 2 aromatic rings. The first-order chi connectivity index (χ1) is 20.9. The first-order valence-corrected chi connectivity index (χ1v) is 15.1. The molecule has 1 saturated carbocycles. The number of nitrogens with zero attached hydrogens (tertiary/aromatic N) is 2. The van der Waals surface area contributed by atoms with E-state index >= 15 is 0 Å². The lowest BCUT2D eigenvalue weighted by atomic mass is 9.49. The molecule has 9 heteroatoms. The van der Waals surface area contributed by atoms with Gasteiger partial charge in [-0.15, -0.1) is 0 Å². The molecule has 1 saturated heterocycles. The maximum absolute atomic E-state index is 13.7. The quantitative estimate of drug-likeness (QED) is 0.310. The SMILES string of the molecule is C/C=C\c1c(OC2C(C)(C)C(NC)C2(C)C)ccc(C#N)c1NC=O.CC.O=Cc1ccc(N2CCC(F)(C=O)CC2)cc1. The van der Waals surface area contributed by atoms with E-state index in [4.69, 9.17) is 4.74 Å². The van der Waals surface area contributed by atoms with Crippen LogP contribution in [-0.4, -0.2) is 56.9 Å². The molecule has 1 amide bonds. The molecule has 0 unspecified atom stereocenters. The Balaban J connectivity index is 0.000000309. The van der Waals surface area contributed by atoms with Crippen LogP contribution in [-0.2, 0) is 9.59 Å². The molecule has 0 aromatic heterocycles. The monoisotopic (exact) mass is 606 g/mol. The third-order valence-electron chi connectivity index (χ3n) is 8.44. The van der Waals surface area contributed by atoms with Crippen molar-refractivity contribution < 1.29 is 23.5 Å². The van der Waals surface area contributed by atoms with Crippen molar-refractivity contribution in [1.29, 1.82) is 5.26 Å². The Hall–Kier alpha value is -4.03. The predicted octanol–water partition coefficient (Wildman–Crippen LogP) is 6.59. The molecule has 8 nitrogen and oxygen atoms in total. The van der Waals surface area contributed by atoms with Gasteiger partial charge >= 0.3 is 0 Å². The lowest BCUT2D eigenvalue weighted by Crippen LogP contribution is -2.73. The summed E-state index contributed by atoms with van der Waals surface area (Å²) in [6.07, 6.45) is 5.97. The number of piperidine rings is 1. The highest BCUT2D eigenvalue weighted by Gasteiger charge is 2.63. The van der Waals surface area contributed by atoms with Gasteiger partial charge < -0.3 is 20.3 Å². The average Bonchev–Trinajstić information content (AvgIpc) is 3.02. The zero-order valence-electron chi connectivity index (χ0n) is 27.2. The topological polar surface area (TPSA) is 112 Å². The van der Waals surface area contributed by atoms with Gasteiger partial charge in [-0.3, -0.25) is 14.4 Å². The van der Waals surface area contributed by atoms with Crippen molar-refractivity contribution >= 4 is 36.4 Å². The van der Waals surface area contributed by atoms with Crippen molar-refractivity contribution in [2.75, 3.05) is 30.4 Å². The Morgan fingerprint density at radius 1 is 1.00 bits per heavy atom. The number of alkyl halides is 1. The van der Waals surface area contributed by atoms with Gasteiger partial charge in [0.05, 0.1) is 11.3 Å². The molecule has 238 valence electrons. The summed E-state index contributed by atoms with van der Waals surface area (Å²) in [7, 11) is 1.98. The maximum Gasteiger partial charge on any atom is 0.211 e. The molecule has 1 aliphatic carbocycles. The maximum atomic E-state index is 13.7. The molecule has 1 aliphatic heterocycles. The van der Waals surface area contributed by atoms with Crippen LogP contribution >= 0.6 is 0 Å². The molecule has 2 aromatic carbocycles. The number of halogens is 1. The highest BCUT2D eigenvalue weighted by Crippen LogP contribution is 2.55. The summed E-state index contributed by atoms with van der Waals surface area (Å²) in [6.45, 7) is 15.7. The summed E-state index contributed by atoms with van der Waals surface area (Å²) in [5, 5.41) is 15.4. The van der Waals surface area contributed by atoms with Gasteiger partial charge in [0.15, 0.2) is 12.0 Å². The van der Waals surface area contributed by atoms with E-state index in [9.17, 15) is 24.0 Å². The van der Waals surface area contributed by atoms with Gasteiger partial charge in [-0.25, -0.2) is 4.39 Å². The molecule has 2 N–H and O–H groups in total. The van der Waals surface area contributed by atoms with Gasteiger partial charge in [-0.1, -0.05) is 53.7 Å². The van der Waals surface area contributed by atoms with Gasteiger partial charge in [0.1, 0.15) is 24.2 Å². The van der Waals surface area contributed by atoms with Crippen molar-refractivity contribution in [3.05, 3.63) is 59.2 Å². The normalized spacial score (nSPS) is 20.8. The fraction of sp³-hybridized carbons (Fsp3) is 0.486. The molecular formula is C35H47FN4O4. The summed E-state index contributed by atoms with van der Waals surface area (Å²) in [4.78, 5) is 34.1. The van der Waals surface area contributed by atoms with Crippen LogP contribution in [0.1, 0.15) is 82.8 Å². The Kier molecular flexibility index (Phi) is 12.8. The fourth-order valence-corrected chi connectivity index (χ4v) is 6.66. The van der Waals surface area contributed by atoms with Crippen LogP contribution in [0.3, 0.4) is 0 Å². The Labute approximate surface area is 261 Å². The first kappa shape index (κ1) is 36.2. The summed E-state index contributed by atoms with van der Waals surface area (Å²) in [5.74, 6) is 0.669. The number of anilines is 2. The van der Waals surface area contributed by atoms with E-state index in [-0.39, 0.29) is 29.8 Å². The zero-order valence-corrected chi connectivity index (χ0v) is 27.2. The standard InChI is InChI=1S/C20H27N3O2.C13H14FNO2.C2H6/c1-7-8-14-15(10-9-13(11-21)16(14)23-12-24)25-18-19(2,3)17(22-6)20(18,4)5;14-13(10-17)5-7-15(8-6-13)12-3-1-11(9-16)2-4-12;1-2/h7-10,12,17-18,22H,1-6H3,(H,23,24);1-4,9-10H,5-8H2;1-2H3/b8-7-;;. The van der Waals surface area contributed by atoms with E-state index < -0.39 is 5.67 Å². The molecule has 2 aliphatic rings. The van der Waals surface area contributed by atoms with Crippen molar-refractivity contribution in [2.24, 2.45) is 10.8 Å². The summed E-state index contributed by atoms with van der Waals surface area (Å²) in [5.41, 5.74) is 1.45. The second-order valence-corrected chi connectivity index (χ2v) is 12.0. The number of ether oxygens (including phenoxy) is 1. The van der Waals surface area contributed by atoms with E-state index in [2.05, 4.69) is 44.4 Å². The van der Waals surface area contributed by atoms with Gasteiger partial charge in [0, 0.05) is 59.6 Å². The molecule has 0 radical (unpaired) electrons. The van der Waals surface area contributed by atoms with Crippen LogP contribution in [0.4, 0.5) is 15.8 Å². The zero-order chi connectivity index (χ0) is 33.1. The minimum absolute atomic E-state index is 0.00141. The van der Waals surface area contributed by atoms with Gasteiger partial charge in [0.2, 0.25) is 6.41 Å². The minimum Gasteiger partial charge on any atom is -0.488 e. The Morgan fingerprint density at radius 2 is 1.59 bits per heavy atom. The number of aldehydes is 2. The van der Waals surface area contributed by atoms with E-state index in [0.717, 1.165) is 12.0 Å². The largest absolute Gasteiger partial charge is 0.488 e. The summed E-state index contributed by atoms with van der Waals surface area (Å²) in [6, 6.07) is 13.1. The van der Waals surface area contributed by atoms with Crippen LogP contribution < -0.4 is 20.3 Å². The number of hydrogen-bond acceptors (Lipinski definition) is 7. The van der Waals surface area contributed by atoms with Crippen molar-refractivity contribution in [1.82, 2.24) is 5.32 Å². The Bertz CT molecular complexity index is 1320. The second kappa shape index (κ2) is 15.6. The third-order valence-corrected chi connectivity index (χ3v) is 8.44.